The number of aldehydes is 1. The summed E-state index contributed by atoms with van der Waals surface area (Å²) in [6, 6.07) is 0. The van der Waals surface area contributed by atoms with Crippen LogP contribution in [0.5, 0.6) is 0 Å². The minimum atomic E-state index is -1.17. The van der Waals surface area contributed by atoms with Crippen LogP contribution in [0.25, 0.3) is 0 Å². The van der Waals surface area contributed by atoms with Gasteiger partial charge in [0.15, 0.2) is 5.79 Å². The summed E-state index contributed by atoms with van der Waals surface area (Å²) in [6.45, 7) is 10.8. The topological polar surface area (TPSA) is 73.9 Å². The van der Waals surface area contributed by atoms with Crippen molar-refractivity contribution in [2.75, 3.05) is 19.8 Å². The fourth-order valence-electron chi connectivity index (χ4n) is 1.98. The van der Waals surface area contributed by atoms with Gasteiger partial charge in [0, 0.05) is 26.2 Å². The van der Waals surface area contributed by atoms with Gasteiger partial charge in [-0.25, -0.2) is 4.79 Å². The predicted octanol–water partition coefficient (Wildman–Crippen LogP) is 2.07. The molecule has 0 heterocycles. The first-order valence-corrected chi connectivity index (χ1v) is 7.56. The molecule has 0 aromatic heterocycles. The van der Waals surface area contributed by atoms with Crippen LogP contribution < -0.4 is 5.48 Å². The molecule has 1 N–H and O–H groups in total. The molecule has 0 aliphatic carbocycles. The monoisotopic (exact) mass is 303 g/mol. The van der Waals surface area contributed by atoms with E-state index in [2.05, 4.69) is 19.3 Å². The van der Waals surface area contributed by atoms with Gasteiger partial charge in [0.2, 0.25) is 0 Å². The molecule has 0 amide bonds. The zero-order valence-corrected chi connectivity index (χ0v) is 13.8. The molecule has 6 nitrogen and oxygen atoms in total. The molecule has 21 heavy (non-hydrogen) atoms. The lowest BCUT2D eigenvalue weighted by atomic mass is 9.96. The van der Waals surface area contributed by atoms with Crippen LogP contribution in [0.2, 0.25) is 0 Å². The fourth-order valence-corrected chi connectivity index (χ4v) is 1.98. The van der Waals surface area contributed by atoms with Crippen LogP contribution in [-0.4, -0.2) is 37.8 Å². The van der Waals surface area contributed by atoms with Gasteiger partial charge in [-0.05, 0) is 33.1 Å². The van der Waals surface area contributed by atoms with Crippen LogP contribution in [0.3, 0.4) is 0 Å². The molecule has 0 radical (unpaired) electrons. The Morgan fingerprint density at radius 3 is 2.24 bits per heavy atom. The van der Waals surface area contributed by atoms with Crippen molar-refractivity contribution in [1.82, 2.24) is 5.48 Å². The van der Waals surface area contributed by atoms with Crippen molar-refractivity contribution in [2.45, 2.75) is 53.2 Å². The van der Waals surface area contributed by atoms with Crippen molar-refractivity contribution in [3.63, 3.8) is 0 Å². The first-order valence-electron chi connectivity index (χ1n) is 7.56. The highest BCUT2D eigenvalue weighted by molar-refractivity contribution is 5.76. The van der Waals surface area contributed by atoms with Crippen molar-refractivity contribution in [2.24, 2.45) is 11.8 Å². The van der Waals surface area contributed by atoms with Gasteiger partial charge in [0.05, 0.1) is 0 Å². The Morgan fingerprint density at radius 2 is 1.81 bits per heavy atom. The first kappa shape index (κ1) is 20.0. The maximum Gasteiger partial charge on any atom is 0.333 e. The Morgan fingerprint density at radius 1 is 1.24 bits per heavy atom. The summed E-state index contributed by atoms with van der Waals surface area (Å²) in [7, 11) is 0. The number of hydroxylamine groups is 1. The fraction of sp³-hybridized carbons (Fsp3) is 0.867. The highest BCUT2D eigenvalue weighted by atomic mass is 16.7. The standard InChI is InChI=1S/C15H29NO5/c1-6-19-15(5,20-7-2)13(9-11-17)14(18)21-16-10-8-12(3)4/h11-13,16H,6-10H2,1-5H3. The van der Waals surface area contributed by atoms with E-state index < -0.39 is 17.7 Å². The molecule has 0 bridgehead atoms. The van der Waals surface area contributed by atoms with Gasteiger partial charge in [-0.2, -0.15) is 5.48 Å². The molecule has 0 spiro atoms. The van der Waals surface area contributed by atoms with E-state index in [-0.39, 0.29) is 6.42 Å². The lowest BCUT2D eigenvalue weighted by molar-refractivity contribution is -0.255. The van der Waals surface area contributed by atoms with Gasteiger partial charge in [0.25, 0.3) is 0 Å². The molecule has 1 unspecified atom stereocenters. The summed E-state index contributed by atoms with van der Waals surface area (Å²) in [4.78, 5) is 28.1. The van der Waals surface area contributed by atoms with E-state index in [0.717, 1.165) is 6.42 Å². The predicted molar refractivity (Wildman–Crippen MR) is 79.4 cm³/mol. The Bertz CT molecular complexity index is 300. The molecule has 0 aromatic rings. The molecular weight excluding hydrogens is 274 g/mol. The van der Waals surface area contributed by atoms with Crippen molar-refractivity contribution in [1.29, 1.82) is 0 Å². The average Bonchev–Trinajstić information content (AvgIpc) is 2.41. The molecule has 6 heteroatoms. The lowest BCUT2D eigenvalue weighted by Gasteiger charge is -2.34. The molecule has 0 saturated carbocycles. The number of carbonyl (C=O) groups excluding carboxylic acids is 2. The van der Waals surface area contributed by atoms with Crippen LogP contribution in [-0.2, 0) is 23.9 Å². The van der Waals surface area contributed by atoms with Crippen LogP contribution in [0, 0.1) is 11.8 Å². The first-order chi connectivity index (χ1) is 9.91. The van der Waals surface area contributed by atoms with E-state index >= 15 is 0 Å². The third-order valence-corrected chi connectivity index (χ3v) is 3.11. The molecule has 0 saturated heterocycles. The molecule has 0 aromatic carbocycles. The summed E-state index contributed by atoms with van der Waals surface area (Å²) in [5.74, 6) is -2.00. The minimum Gasteiger partial charge on any atom is -0.370 e. The largest absolute Gasteiger partial charge is 0.370 e. The van der Waals surface area contributed by atoms with Gasteiger partial charge in [-0.3, -0.25) is 0 Å². The molecule has 124 valence electrons. The van der Waals surface area contributed by atoms with E-state index in [0.29, 0.717) is 32.0 Å². The number of carbonyl (C=O) groups is 2. The minimum absolute atomic E-state index is 0.0127. The van der Waals surface area contributed by atoms with Gasteiger partial charge in [0.1, 0.15) is 12.2 Å². The van der Waals surface area contributed by atoms with E-state index in [1.165, 1.54) is 0 Å². The molecular formula is C15H29NO5. The van der Waals surface area contributed by atoms with Gasteiger partial charge >= 0.3 is 5.97 Å². The molecule has 0 rings (SSSR count). The number of hydrogen-bond acceptors (Lipinski definition) is 6. The second-order valence-corrected chi connectivity index (χ2v) is 5.33. The molecule has 1 atom stereocenters. The smallest absolute Gasteiger partial charge is 0.333 e. The van der Waals surface area contributed by atoms with Crippen LogP contribution >= 0.6 is 0 Å². The van der Waals surface area contributed by atoms with Gasteiger partial charge in [-0.15, -0.1) is 0 Å². The average molecular weight is 303 g/mol. The van der Waals surface area contributed by atoms with Crippen LogP contribution in [0.1, 0.15) is 47.5 Å². The zero-order chi connectivity index (χ0) is 16.3. The van der Waals surface area contributed by atoms with Crippen LogP contribution in [0.15, 0.2) is 0 Å². The summed E-state index contributed by atoms with van der Waals surface area (Å²) < 4.78 is 11.1. The van der Waals surface area contributed by atoms with E-state index in [1.54, 1.807) is 6.92 Å². The van der Waals surface area contributed by atoms with Gasteiger partial charge in [-0.1, -0.05) is 13.8 Å². The number of ether oxygens (including phenoxy) is 2. The van der Waals surface area contributed by atoms with Crippen molar-refractivity contribution in [3.8, 4) is 0 Å². The van der Waals surface area contributed by atoms with Crippen molar-refractivity contribution in [3.05, 3.63) is 0 Å². The SMILES string of the molecule is CCOC(C)(OCC)C(CC=O)C(=O)ONCCC(C)C. The van der Waals surface area contributed by atoms with Crippen molar-refractivity contribution >= 4 is 12.3 Å². The third-order valence-electron chi connectivity index (χ3n) is 3.11. The Balaban J connectivity index is 4.68. The van der Waals surface area contributed by atoms with E-state index in [1.807, 2.05) is 13.8 Å². The number of rotatable bonds is 12. The number of nitrogens with one attached hydrogen (secondary N) is 1. The highest BCUT2D eigenvalue weighted by Crippen LogP contribution is 2.27. The second-order valence-electron chi connectivity index (χ2n) is 5.33. The summed E-state index contributed by atoms with van der Waals surface area (Å²) in [6.07, 6.45) is 1.55. The number of hydrogen-bond donors (Lipinski definition) is 1. The van der Waals surface area contributed by atoms with Crippen molar-refractivity contribution < 1.29 is 23.9 Å². The Hall–Kier alpha value is -0.980. The Labute approximate surface area is 127 Å². The molecule has 0 aliphatic heterocycles. The van der Waals surface area contributed by atoms with E-state index in [9.17, 15) is 9.59 Å². The second kappa shape index (κ2) is 10.7. The van der Waals surface area contributed by atoms with E-state index in [4.69, 9.17) is 14.3 Å². The maximum absolute atomic E-state index is 12.2. The highest BCUT2D eigenvalue weighted by Gasteiger charge is 2.42. The molecule has 0 aliphatic rings. The summed E-state index contributed by atoms with van der Waals surface area (Å²) in [5.41, 5.74) is 2.64. The summed E-state index contributed by atoms with van der Waals surface area (Å²) >= 11 is 0. The third kappa shape index (κ3) is 7.55. The normalized spacial score (nSPS) is 13.2. The lowest BCUT2D eigenvalue weighted by Crippen LogP contribution is -2.47. The maximum atomic E-state index is 12.2. The quantitative estimate of drug-likeness (QED) is 0.257. The van der Waals surface area contributed by atoms with Crippen LogP contribution in [0.4, 0.5) is 0 Å². The van der Waals surface area contributed by atoms with Gasteiger partial charge < -0.3 is 19.1 Å². The Kier molecular flexibility index (Phi) is 10.2. The molecule has 0 fully saturated rings. The zero-order valence-electron chi connectivity index (χ0n) is 13.8. The summed E-state index contributed by atoms with van der Waals surface area (Å²) in [5, 5.41) is 0.